The number of ether oxygens (including phenoxy) is 1. The van der Waals surface area contributed by atoms with E-state index in [4.69, 9.17) is 16.3 Å². The zero-order chi connectivity index (χ0) is 20.6. The van der Waals surface area contributed by atoms with Crippen molar-refractivity contribution in [2.45, 2.75) is 45.3 Å². The SMILES string of the molecule is CC(C)(C)OC(=O)N1CCC(n2cc(-c3cnc4ccc(Cl)nc4n3)cn2)CC1. The Labute approximate surface area is 173 Å². The number of hydrogen-bond donors (Lipinski definition) is 0. The van der Waals surface area contributed by atoms with Crippen molar-refractivity contribution in [3.05, 3.63) is 35.9 Å². The number of rotatable bonds is 2. The lowest BCUT2D eigenvalue weighted by Gasteiger charge is -2.33. The van der Waals surface area contributed by atoms with Gasteiger partial charge < -0.3 is 9.64 Å². The van der Waals surface area contributed by atoms with Crippen molar-refractivity contribution in [1.29, 1.82) is 0 Å². The highest BCUT2D eigenvalue weighted by Crippen LogP contribution is 2.26. The quantitative estimate of drug-likeness (QED) is 0.586. The van der Waals surface area contributed by atoms with Crippen LogP contribution in [0.1, 0.15) is 39.7 Å². The number of nitrogens with zero attached hydrogens (tertiary/aromatic N) is 6. The van der Waals surface area contributed by atoms with E-state index in [1.807, 2.05) is 31.6 Å². The van der Waals surface area contributed by atoms with Gasteiger partial charge in [0.2, 0.25) is 0 Å². The number of amides is 1. The van der Waals surface area contributed by atoms with E-state index in [1.165, 1.54) is 0 Å². The fourth-order valence-corrected chi connectivity index (χ4v) is 3.47. The highest BCUT2D eigenvalue weighted by atomic mass is 35.5. The fraction of sp³-hybridized carbons (Fsp3) is 0.450. The molecule has 29 heavy (non-hydrogen) atoms. The molecule has 0 unspecified atom stereocenters. The van der Waals surface area contributed by atoms with E-state index in [9.17, 15) is 4.79 Å². The van der Waals surface area contributed by atoms with Crippen LogP contribution in [-0.2, 0) is 4.74 Å². The maximum atomic E-state index is 12.2. The van der Waals surface area contributed by atoms with Crippen LogP contribution in [0.2, 0.25) is 5.15 Å². The summed E-state index contributed by atoms with van der Waals surface area (Å²) in [4.78, 5) is 27.2. The molecule has 0 radical (unpaired) electrons. The Bertz CT molecular complexity index is 1040. The van der Waals surface area contributed by atoms with Crippen LogP contribution in [0.25, 0.3) is 22.4 Å². The molecule has 0 N–H and O–H groups in total. The standard InChI is InChI=1S/C20H23ClN6O2/c1-20(2,3)29-19(28)26-8-6-14(7-9-26)27-12-13(10-23-27)16-11-22-15-4-5-17(21)25-18(15)24-16/h4-5,10-12,14H,6-9H2,1-3H3. The molecule has 1 aliphatic rings. The molecule has 8 nitrogen and oxygen atoms in total. The van der Waals surface area contributed by atoms with Gasteiger partial charge in [0, 0.05) is 24.8 Å². The predicted octanol–water partition coefficient (Wildman–Crippen LogP) is 4.11. The van der Waals surface area contributed by atoms with Crippen LogP contribution in [-0.4, -0.2) is 54.4 Å². The number of piperidine rings is 1. The van der Waals surface area contributed by atoms with E-state index >= 15 is 0 Å². The second kappa shape index (κ2) is 7.59. The first kappa shape index (κ1) is 19.6. The number of aromatic nitrogens is 5. The smallest absolute Gasteiger partial charge is 0.410 e. The first-order valence-electron chi connectivity index (χ1n) is 9.60. The van der Waals surface area contributed by atoms with Gasteiger partial charge in [0.05, 0.1) is 24.1 Å². The molecule has 3 aromatic rings. The number of hydrogen-bond acceptors (Lipinski definition) is 6. The normalized spacial score (nSPS) is 15.7. The molecule has 4 heterocycles. The van der Waals surface area contributed by atoms with Crippen molar-refractivity contribution in [2.75, 3.05) is 13.1 Å². The zero-order valence-electron chi connectivity index (χ0n) is 16.7. The van der Waals surface area contributed by atoms with Gasteiger partial charge in [0.1, 0.15) is 16.3 Å². The molecule has 1 amide bonds. The molecule has 0 bridgehead atoms. The second-order valence-electron chi connectivity index (χ2n) is 8.14. The van der Waals surface area contributed by atoms with Crippen molar-refractivity contribution in [3.63, 3.8) is 0 Å². The Morgan fingerprint density at radius 1 is 1.17 bits per heavy atom. The summed E-state index contributed by atoms with van der Waals surface area (Å²) in [5.41, 5.74) is 2.29. The molecule has 1 saturated heterocycles. The van der Waals surface area contributed by atoms with Crippen LogP contribution in [0.5, 0.6) is 0 Å². The third-order valence-corrected chi connectivity index (χ3v) is 4.97. The molecule has 0 aliphatic carbocycles. The monoisotopic (exact) mass is 414 g/mol. The molecular weight excluding hydrogens is 392 g/mol. The number of pyridine rings is 1. The van der Waals surface area contributed by atoms with Crippen LogP contribution in [0.3, 0.4) is 0 Å². The lowest BCUT2D eigenvalue weighted by atomic mass is 10.1. The van der Waals surface area contributed by atoms with Crippen molar-refractivity contribution >= 4 is 28.9 Å². The molecule has 3 aromatic heterocycles. The van der Waals surface area contributed by atoms with Crippen LogP contribution in [0, 0.1) is 0 Å². The number of fused-ring (bicyclic) bond motifs is 1. The van der Waals surface area contributed by atoms with Gasteiger partial charge in [0.25, 0.3) is 0 Å². The largest absolute Gasteiger partial charge is 0.444 e. The molecule has 152 valence electrons. The highest BCUT2D eigenvalue weighted by Gasteiger charge is 2.28. The van der Waals surface area contributed by atoms with E-state index in [-0.39, 0.29) is 12.1 Å². The summed E-state index contributed by atoms with van der Waals surface area (Å²) < 4.78 is 7.40. The summed E-state index contributed by atoms with van der Waals surface area (Å²) in [5.74, 6) is 0. The summed E-state index contributed by atoms with van der Waals surface area (Å²) in [6, 6.07) is 3.71. The molecule has 1 fully saturated rings. The number of likely N-dealkylation sites (tertiary alicyclic amines) is 1. The number of halogens is 1. The average molecular weight is 415 g/mol. The summed E-state index contributed by atoms with van der Waals surface area (Å²) in [6.07, 6.45) is 6.84. The minimum absolute atomic E-state index is 0.225. The van der Waals surface area contributed by atoms with Gasteiger partial charge in [-0.15, -0.1) is 0 Å². The molecular formula is C20H23ClN6O2. The van der Waals surface area contributed by atoms with Crippen molar-refractivity contribution in [3.8, 4) is 11.3 Å². The van der Waals surface area contributed by atoms with E-state index in [2.05, 4.69) is 20.1 Å². The average Bonchev–Trinajstić information content (AvgIpc) is 3.16. The van der Waals surface area contributed by atoms with E-state index in [1.54, 1.807) is 29.4 Å². The summed E-state index contributed by atoms with van der Waals surface area (Å²) in [5, 5.41) is 4.90. The number of carbonyl (C=O) groups excluding carboxylic acids is 1. The van der Waals surface area contributed by atoms with Gasteiger partial charge in [-0.2, -0.15) is 5.10 Å². The van der Waals surface area contributed by atoms with Gasteiger partial charge in [-0.05, 0) is 45.7 Å². The highest BCUT2D eigenvalue weighted by molar-refractivity contribution is 6.29. The van der Waals surface area contributed by atoms with E-state index in [0.717, 1.165) is 18.4 Å². The lowest BCUT2D eigenvalue weighted by Crippen LogP contribution is -2.42. The topological polar surface area (TPSA) is 86.0 Å². The molecule has 0 spiro atoms. The molecule has 0 aromatic carbocycles. The molecule has 1 aliphatic heterocycles. The maximum absolute atomic E-state index is 12.2. The molecule has 9 heteroatoms. The van der Waals surface area contributed by atoms with E-state index in [0.29, 0.717) is 35.1 Å². The third kappa shape index (κ3) is 4.48. The van der Waals surface area contributed by atoms with Crippen molar-refractivity contribution < 1.29 is 9.53 Å². The lowest BCUT2D eigenvalue weighted by molar-refractivity contribution is 0.0185. The van der Waals surface area contributed by atoms with Crippen LogP contribution in [0.4, 0.5) is 4.79 Å². The van der Waals surface area contributed by atoms with Crippen LogP contribution >= 0.6 is 11.6 Å². The van der Waals surface area contributed by atoms with Gasteiger partial charge in [-0.1, -0.05) is 11.6 Å². The van der Waals surface area contributed by atoms with Crippen molar-refractivity contribution in [1.82, 2.24) is 29.6 Å². The second-order valence-corrected chi connectivity index (χ2v) is 8.53. The summed E-state index contributed by atoms with van der Waals surface area (Å²) in [6.45, 7) is 6.92. The first-order valence-corrected chi connectivity index (χ1v) is 9.98. The minimum Gasteiger partial charge on any atom is -0.444 e. The van der Waals surface area contributed by atoms with Gasteiger partial charge in [0.15, 0.2) is 5.65 Å². The molecule has 0 saturated carbocycles. The zero-order valence-corrected chi connectivity index (χ0v) is 17.4. The Balaban J connectivity index is 1.44. The molecule has 0 atom stereocenters. The van der Waals surface area contributed by atoms with Crippen molar-refractivity contribution in [2.24, 2.45) is 0 Å². The summed E-state index contributed by atoms with van der Waals surface area (Å²) >= 11 is 5.96. The van der Waals surface area contributed by atoms with Gasteiger partial charge >= 0.3 is 6.09 Å². The van der Waals surface area contributed by atoms with E-state index < -0.39 is 5.60 Å². The summed E-state index contributed by atoms with van der Waals surface area (Å²) in [7, 11) is 0. The van der Waals surface area contributed by atoms with Crippen LogP contribution < -0.4 is 0 Å². The Morgan fingerprint density at radius 2 is 1.93 bits per heavy atom. The van der Waals surface area contributed by atoms with Gasteiger partial charge in [-0.3, -0.25) is 9.67 Å². The fourth-order valence-electron chi connectivity index (χ4n) is 3.32. The van der Waals surface area contributed by atoms with Crippen LogP contribution in [0.15, 0.2) is 30.7 Å². The first-order chi connectivity index (χ1) is 13.8. The Morgan fingerprint density at radius 3 is 2.66 bits per heavy atom. The maximum Gasteiger partial charge on any atom is 0.410 e. The third-order valence-electron chi connectivity index (χ3n) is 4.76. The molecule has 4 rings (SSSR count). The number of carbonyl (C=O) groups is 1. The predicted molar refractivity (Wildman–Crippen MR) is 110 cm³/mol. The van der Waals surface area contributed by atoms with Gasteiger partial charge in [-0.25, -0.2) is 14.8 Å². The minimum atomic E-state index is -0.481. The Kier molecular flexibility index (Phi) is 5.12. The Hall–Kier alpha value is -2.74.